The molecule has 0 N–H and O–H groups in total. The van der Waals surface area contributed by atoms with E-state index in [1.54, 1.807) is 43.1 Å². The minimum absolute atomic E-state index is 0.185. The van der Waals surface area contributed by atoms with Crippen molar-refractivity contribution >= 4 is 27.6 Å². The van der Waals surface area contributed by atoms with Gasteiger partial charge in [-0.1, -0.05) is 23.3 Å². The van der Waals surface area contributed by atoms with Gasteiger partial charge < -0.3 is 4.57 Å². The summed E-state index contributed by atoms with van der Waals surface area (Å²) in [6.07, 6.45) is 0. The summed E-state index contributed by atoms with van der Waals surface area (Å²) in [6.45, 7) is 5.40. The van der Waals surface area contributed by atoms with Gasteiger partial charge in [-0.15, -0.1) is 0 Å². The summed E-state index contributed by atoms with van der Waals surface area (Å²) >= 11 is 0. The lowest BCUT2D eigenvalue weighted by molar-refractivity contribution is 0.583. The van der Waals surface area contributed by atoms with E-state index >= 15 is 0 Å². The highest BCUT2D eigenvalue weighted by Crippen LogP contribution is 2.47. The molecule has 1 aliphatic heterocycles. The van der Waals surface area contributed by atoms with Crippen molar-refractivity contribution < 1.29 is 13.0 Å². The lowest BCUT2D eigenvalue weighted by Gasteiger charge is -2.26. The highest BCUT2D eigenvalue weighted by molar-refractivity contribution is 7.95. The van der Waals surface area contributed by atoms with Gasteiger partial charge in [-0.05, 0) is 44.8 Å². The molecule has 0 aliphatic carbocycles. The van der Waals surface area contributed by atoms with Gasteiger partial charge in [-0.2, -0.15) is 0 Å². The van der Waals surface area contributed by atoms with Crippen LogP contribution in [-0.2, 0) is 14.4 Å². The average Bonchev–Trinajstić information content (AvgIpc) is 2.36. The first kappa shape index (κ1) is 13.6. The number of benzene rings is 2. The second kappa shape index (κ2) is 4.06. The van der Waals surface area contributed by atoms with Crippen molar-refractivity contribution in [2.75, 3.05) is 6.66 Å². The zero-order valence-electron chi connectivity index (χ0n) is 11.5. The fraction of sp³-hybridized carbons (Fsp3) is 0.200. The lowest BCUT2D eigenvalue weighted by atomic mass is 10.2. The van der Waals surface area contributed by atoms with Gasteiger partial charge in [-0.3, -0.25) is 0 Å². The van der Waals surface area contributed by atoms with E-state index in [1.807, 2.05) is 13.8 Å². The van der Waals surface area contributed by atoms with E-state index < -0.39 is 17.0 Å². The highest BCUT2D eigenvalue weighted by Gasteiger charge is 2.40. The van der Waals surface area contributed by atoms with Crippen LogP contribution in [0.4, 0.5) is 0 Å². The summed E-state index contributed by atoms with van der Waals surface area (Å²) in [4.78, 5) is 0.371. The van der Waals surface area contributed by atoms with Gasteiger partial charge in [0.05, 0.1) is 9.79 Å². The van der Waals surface area contributed by atoms with Crippen molar-refractivity contribution in [2.45, 2.75) is 23.6 Å². The van der Waals surface area contributed by atoms with Crippen LogP contribution in [0, 0.1) is 13.8 Å². The highest BCUT2D eigenvalue weighted by atomic mass is 32.2. The summed E-state index contributed by atoms with van der Waals surface area (Å²) in [6, 6.07) is 10.1. The predicted molar refractivity (Wildman–Crippen MR) is 80.6 cm³/mol. The molecule has 0 fully saturated rings. The molecule has 0 aromatic heterocycles. The monoisotopic (exact) mass is 306 g/mol. The van der Waals surface area contributed by atoms with E-state index in [1.165, 1.54) is 0 Å². The Bertz CT molecular complexity index is 818. The molecule has 0 amide bonds. The van der Waals surface area contributed by atoms with E-state index in [4.69, 9.17) is 0 Å². The molecule has 0 atom stereocenters. The van der Waals surface area contributed by atoms with Gasteiger partial charge in [-0.25, -0.2) is 8.42 Å². The Kier molecular flexibility index (Phi) is 2.76. The predicted octanol–water partition coefficient (Wildman–Crippen LogP) is 2.39. The first-order valence-corrected chi connectivity index (χ1v) is 9.93. The third-order valence-corrected chi connectivity index (χ3v) is 8.48. The second-order valence-corrected chi connectivity index (χ2v) is 10.1. The number of hydrogen-bond donors (Lipinski definition) is 0. The Morgan fingerprint density at radius 3 is 1.65 bits per heavy atom. The Labute approximate surface area is 118 Å². The van der Waals surface area contributed by atoms with E-state index in [0.29, 0.717) is 10.6 Å². The third kappa shape index (κ3) is 1.72. The van der Waals surface area contributed by atoms with Crippen molar-refractivity contribution in [1.29, 1.82) is 0 Å². The Hall–Kier alpha value is -1.38. The summed E-state index contributed by atoms with van der Waals surface area (Å²) in [7, 11) is -6.46. The molecule has 5 heteroatoms. The maximum Gasteiger partial charge on any atom is 0.208 e. The lowest BCUT2D eigenvalue weighted by Crippen LogP contribution is -2.31. The molecule has 104 valence electrons. The summed E-state index contributed by atoms with van der Waals surface area (Å²) in [5.41, 5.74) is 1.83. The van der Waals surface area contributed by atoms with Crippen LogP contribution in [0.5, 0.6) is 0 Å². The van der Waals surface area contributed by atoms with Crippen LogP contribution in [0.2, 0.25) is 0 Å². The maximum absolute atomic E-state index is 13.2. The summed E-state index contributed by atoms with van der Waals surface area (Å²) in [5.74, 6) is 0. The van der Waals surface area contributed by atoms with Crippen LogP contribution in [-0.4, -0.2) is 15.1 Å². The Morgan fingerprint density at radius 1 is 0.850 bits per heavy atom. The normalized spacial score (nSPS) is 18.1. The first-order chi connectivity index (χ1) is 9.24. The molecule has 0 unspecified atom stereocenters. The van der Waals surface area contributed by atoms with Gasteiger partial charge >= 0.3 is 0 Å². The number of hydrogen-bond acceptors (Lipinski definition) is 3. The number of sulfone groups is 1. The van der Waals surface area contributed by atoms with Gasteiger partial charge in [0.1, 0.15) is 7.14 Å². The fourth-order valence-corrected chi connectivity index (χ4v) is 7.94. The topological polar surface area (TPSA) is 51.2 Å². The molecule has 20 heavy (non-hydrogen) atoms. The summed E-state index contributed by atoms with van der Waals surface area (Å²) < 4.78 is 38.6. The van der Waals surface area contributed by atoms with Gasteiger partial charge in [0, 0.05) is 10.6 Å². The molecule has 1 heterocycles. The van der Waals surface area contributed by atoms with Crippen LogP contribution in [0.1, 0.15) is 11.1 Å². The minimum Gasteiger partial charge on any atom is -0.314 e. The smallest absolute Gasteiger partial charge is 0.208 e. The minimum atomic E-state index is -3.58. The van der Waals surface area contributed by atoms with Gasteiger partial charge in [0.25, 0.3) is 0 Å². The number of rotatable bonds is 0. The van der Waals surface area contributed by atoms with Crippen LogP contribution < -0.4 is 10.6 Å². The molecule has 2 aromatic carbocycles. The number of aryl methyl sites for hydroxylation is 2. The van der Waals surface area contributed by atoms with E-state index in [0.717, 1.165) is 11.1 Å². The average molecular weight is 306 g/mol. The van der Waals surface area contributed by atoms with Crippen molar-refractivity contribution in [2.24, 2.45) is 0 Å². The molecule has 0 saturated heterocycles. The maximum atomic E-state index is 13.2. The van der Waals surface area contributed by atoms with Crippen molar-refractivity contribution in [3.63, 3.8) is 0 Å². The molecule has 3 nitrogen and oxygen atoms in total. The van der Waals surface area contributed by atoms with E-state index in [-0.39, 0.29) is 9.79 Å². The summed E-state index contributed by atoms with van der Waals surface area (Å²) in [5, 5.41) is 0.909. The molecular weight excluding hydrogens is 291 g/mol. The Morgan fingerprint density at radius 2 is 1.25 bits per heavy atom. The molecule has 0 bridgehead atoms. The Balaban J connectivity index is 2.51. The van der Waals surface area contributed by atoms with Gasteiger partial charge in [0.2, 0.25) is 9.84 Å². The molecular formula is C15H15O3PS. The third-order valence-electron chi connectivity index (χ3n) is 3.73. The van der Waals surface area contributed by atoms with E-state index in [9.17, 15) is 13.0 Å². The molecule has 0 radical (unpaired) electrons. The molecule has 1 aliphatic rings. The largest absolute Gasteiger partial charge is 0.314 e. The standard InChI is InChI=1S/C15H15O3PS/c1-10-4-6-14-12(8-10)19(3,16)13-9-11(2)5-7-15(13)20(14,17)18/h4-9H,1-3H3. The SMILES string of the molecule is Cc1ccc2c(c1)P(C)(=O)c1cc(C)ccc1S2(=O)=O. The number of fused-ring (bicyclic) bond motifs is 2. The van der Waals surface area contributed by atoms with Crippen LogP contribution >= 0.6 is 7.14 Å². The van der Waals surface area contributed by atoms with Crippen molar-refractivity contribution in [1.82, 2.24) is 0 Å². The zero-order chi connectivity index (χ0) is 14.7. The first-order valence-electron chi connectivity index (χ1n) is 6.29. The molecule has 3 rings (SSSR count). The second-order valence-electron chi connectivity index (χ2n) is 5.37. The molecule has 0 spiro atoms. The zero-order valence-corrected chi connectivity index (χ0v) is 13.3. The van der Waals surface area contributed by atoms with Crippen LogP contribution in [0.15, 0.2) is 46.2 Å². The molecule has 0 saturated carbocycles. The van der Waals surface area contributed by atoms with Crippen LogP contribution in [0.25, 0.3) is 0 Å². The van der Waals surface area contributed by atoms with Crippen LogP contribution in [0.3, 0.4) is 0 Å². The van der Waals surface area contributed by atoms with Crippen molar-refractivity contribution in [3.8, 4) is 0 Å². The quantitative estimate of drug-likeness (QED) is 0.702. The van der Waals surface area contributed by atoms with Gasteiger partial charge in [0.15, 0.2) is 0 Å². The molecule has 2 aromatic rings. The van der Waals surface area contributed by atoms with E-state index in [2.05, 4.69) is 0 Å². The fourth-order valence-electron chi connectivity index (χ4n) is 2.62. The van der Waals surface area contributed by atoms with Crippen molar-refractivity contribution in [3.05, 3.63) is 47.5 Å².